The molecule has 0 aromatic rings. The molecule has 0 aromatic carbocycles. The lowest BCUT2D eigenvalue weighted by molar-refractivity contribution is -0.122. The molecule has 15 heavy (non-hydrogen) atoms. The van der Waals surface area contributed by atoms with Gasteiger partial charge in [-0.1, -0.05) is 20.3 Å². The first-order valence-corrected chi connectivity index (χ1v) is 5.88. The average molecular weight is 213 g/mol. The number of carbonyl (C=O) groups is 1. The SMILES string of the molecule is CCC1CNCC1N(CC)CC(=O)NC. The molecule has 2 N–H and O–H groups in total. The summed E-state index contributed by atoms with van der Waals surface area (Å²) in [6, 6.07) is 0.525. The van der Waals surface area contributed by atoms with Gasteiger partial charge < -0.3 is 10.6 Å². The van der Waals surface area contributed by atoms with Gasteiger partial charge in [-0.2, -0.15) is 0 Å². The maximum atomic E-state index is 11.4. The first-order chi connectivity index (χ1) is 7.22. The van der Waals surface area contributed by atoms with Crippen molar-refractivity contribution < 1.29 is 4.79 Å². The number of amides is 1. The Morgan fingerprint density at radius 2 is 2.20 bits per heavy atom. The molecule has 1 amide bonds. The van der Waals surface area contributed by atoms with Crippen molar-refractivity contribution in [2.75, 3.05) is 33.2 Å². The predicted molar refractivity (Wildman–Crippen MR) is 61.8 cm³/mol. The van der Waals surface area contributed by atoms with Crippen LogP contribution in [0.15, 0.2) is 0 Å². The van der Waals surface area contributed by atoms with Crippen molar-refractivity contribution in [2.45, 2.75) is 26.3 Å². The van der Waals surface area contributed by atoms with E-state index in [2.05, 4.69) is 29.4 Å². The molecule has 1 aliphatic heterocycles. The smallest absolute Gasteiger partial charge is 0.233 e. The van der Waals surface area contributed by atoms with Crippen molar-refractivity contribution in [1.82, 2.24) is 15.5 Å². The van der Waals surface area contributed by atoms with E-state index in [0.29, 0.717) is 18.5 Å². The van der Waals surface area contributed by atoms with Crippen molar-refractivity contribution in [3.63, 3.8) is 0 Å². The molecule has 0 bridgehead atoms. The van der Waals surface area contributed by atoms with E-state index in [9.17, 15) is 4.79 Å². The number of rotatable bonds is 5. The normalized spacial score (nSPS) is 25.9. The Bertz CT molecular complexity index is 208. The Hall–Kier alpha value is -0.610. The monoisotopic (exact) mass is 213 g/mol. The number of hydrogen-bond donors (Lipinski definition) is 2. The standard InChI is InChI=1S/C11H23N3O/c1-4-9-6-13-7-10(9)14(5-2)8-11(15)12-3/h9-10,13H,4-8H2,1-3H3,(H,12,15). The second-order valence-electron chi connectivity index (χ2n) is 4.13. The Morgan fingerprint density at radius 3 is 2.73 bits per heavy atom. The van der Waals surface area contributed by atoms with Crippen LogP contribution in [0.3, 0.4) is 0 Å². The van der Waals surface area contributed by atoms with Crippen LogP contribution >= 0.6 is 0 Å². The molecule has 4 heteroatoms. The fraction of sp³-hybridized carbons (Fsp3) is 0.909. The Morgan fingerprint density at radius 1 is 1.47 bits per heavy atom. The van der Waals surface area contributed by atoms with Gasteiger partial charge in [-0.25, -0.2) is 0 Å². The van der Waals surface area contributed by atoms with Crippen molar-refractivity contribution in [3.8, 4) is 0 Å². The van der Waals surface area contributed by atoms with Gasteiger partial charge in [-0.05, 0) is 19.0 Å². The summed E-state index contributed by atoms with van der Waals surface area (Å²) in [5, 5.41) is 6.09. The highest BCUT2D eigenvalue weighted by Gasteiger charge is 2.30. The van der Waals surface area contributed by atoms with Crippen molar-refractivity contribution in [2.24, 2.45) is 5.92 Å². The molecular formula is C11H23N3O. The summed E-state index contributed by atoms with van der Waals surface area (Å²) in [7, 11) is 1.69. The number of nitrogens with zero attached hydrogens (tertiary/aromatic N) is 1. The van der Waals surface area contributed by atoms with Crippen LogP contribution in [0.1, 0.15) is 20.3 Å². The van der Waals surface area contributed by atoms with Gasteiger partial charge in [-0.3, -0.25) is 9.69 Å². The van der Waals surface area contributed by atoms with E-state index in [1.165, 1.54) is 6.42 Å². The minimum Gasteiger partial charge on any atom is -0.358 e. The summed E-state index contributed by atoms with van der Waals surface area (Å²) in [5.41, 5.74) is 0. The first-order valence-electron chi connectivity index (χ1n) is 5.88. The van der Waals surface area contributed by atoms with Gasteiger partial charge in [0.1, 0.15) is 0 Å². The van der Waals surface area contributed by atoms with E-state index >= 15 is 0 Å². The predicted octanol–water partition coefficient (Wildman–Crippen LogP) is 0.0523. The number of nitrogens with one attached hydrogen (secondary N) is 2. The third-order valence-electron chi connectivity index (χ3n) is 3.33. The van der Waals surface area contributed by atoms with Crippen LogP contribution in [0.2, 0.25) is 0 Å². The fourth-order valence-corrected chi connectivity index (χ4v) is 2.29. The molecule has 0 spiro atoms. The lowest BCUT2D eigenvalue weighted by Gasteiger charge is -2.30. The van der Waals surface area contributed by atoms with Crippen LogP contribution in [0.25, 0.3) is 0 Å². The van der Waals surface area contributed by atoms with Gasteiger partial charge in [0.15, 0.2) is 0 Å². The molecule has 2 atom stereocenters. The molecular weight excluding hydrogens is 190 g/mol. The molecule has 0 aromatic heterocycles. The number of carbonyl (C=O) groups excluding carboxylic acids is 1. The van der Waals surface area contributed by atoms with Crippen LogP contribution in [0.4, 0.5) is 0 Å². The largest absolute Gasteiger partial charge is 0.358 e. The van der Waals surface area contributed by atoms with E-state index in [1.807, 2.05) is 0 Å². The third-order valence-corrected chi connectivity index (χ3v) is 3.33. The fourth-order valence-electron chi connectivity index (χ4n) is 2.29. The summed E-state index contributed by atoms with van der Waals surface area (Å²) in [4.78, 5) is 13.6. The van der Waals surface area contributed by atoms with Crippen LogP contribution < -0.4 is 10.6 Å². The van der Waals surface area contributed by atoms with Gasteiger partial charge in [0, 0.05) is 19.6 Å². The van der Waals surface area contributed by atoms with E-state index in [0.717, 1.165) is 19.6 Å². The molecule has 0 aliphatic carbocycles. The summed E-state index contributed by atoms with van der Waals surface area (Å²) >= 11 is 0. The van der Waals surface area contributed by atoms with Crippen LogP contribution in [-0.4, -0.2) is 50.1 Å². The summed E-state index contributed by atoms with van der Waals surface area (Å²) in [5.74, 6) is 0.799. The van der Waals surface area contributed by atoms with E-state index in [-0.39, 0.29) is 5.91 Å². The molecule has 1 saturated heterocycles. The van der Waals surface area contributed by atoms with Crippen LogP contribution in [-0.2, 0) is 4.79 Å². The van der Waals surface area contributed by atoms with Gasteiger partial charge in [0.25, 0.3) is 0 Å². The first kappa shape index (κ1) is 12.5. The molecule has 1 fully saturated rings. The molecule has 1 rings (SSSR count). The maximum Gasteiger partial charge on any atom is 0.233 e. The lowest BCUT2D eigenvalue weighted by Crippen LogP contribution is -2.45. The number of hydrogen-bond acceptors (Lipinski definition) is 3. The van der Waals surface area contributed by atoms with Crippen molar-refractivity contribution in [3.05, 3.63) is 0 Å². The summed E-state index contributed by atoms with van der Waals surface area (Å²) in [6.45, 7) is 7.91. The van der Waals surface area contributed by atoms with Crippen molar-refractivity contribution >= 4 is 5.91 Å². The number of likely N-dealkylation sites (N-methyl/N-ethyl adjacent to an activating group) is 2. The van der Waals surface area contributed by atoms with Crippen molar-refractivity contribution in [1.29, 1.82) is 0 Å². The Balaban J connectivity index is 2.53. The van der Waals surface area contributed by atoms with E-state index in [4.69, 9.17) is 0 Å². The highest BCUT2D eigenvalue weighted by Crippen LogP contribution is 2.18. The van der Waals surface area contributed by atoms with E-state index in [1.54, 1.807) is 7.05 Å². The summed E-state index contributed by atoms with van der Waals surface area (Å²) < 4.78 is 0. The molecule has 1 heterocycles. The molecule has 4 nitrogen and oxygen atoms in total. The minimum absolute atomic E-state index is 0.110. The lowest BCUT2D eigenvalue weighted by atomic mass is 9.99. The third kappa shape index (κ3) is 3.18. The zero-order valence-electron chi connectivity index (χ0n) is 10.0. The second-order valence-corrected chi connectivity index (χ2v) is 4.13. The molecule has 2 unspecified atom stereocenters. The second kappa shape index (κ2) is 6.08. The van der Waals surface area contributed by atoms with Gasteiger partial charge in [0.2, 0.25) is 5.91 Å². The molecule has 88 valence electrons. The van der Waals surface area contributed by atoms with Gasteiger partial charge in [0.05, 0.1) is 6.54 Å². The van der Waals surface area contributed by atoms with Crippen LogP contribution in [0, 0.1) is 5.92 Å². The minimum atomic E-state index is 0.110. The van der Waals surface area contributed by atoms with Crippen LogP contribution in [0.5, 0.6) is 0 Å². The highest BCUT2D eigenvalue weighted by molar-refractivity contribution is 5.77. The average Bonchev–Trinajstić information content (AvgIpc) is 2.73. The Labute approximate surface area is 92.4 Å². The highest BCUT2D eigenvalue weighted by atomic mass is 16.1. The topological polar surface area (TPSA) is 44.4 Å². The molecule has 0 saturated carbocycles. The molecule has 1 aliphatic rings. The molecule has 0 radical (unpaired) electrons. The summed E-state index contributed by atoms with van der Waals surface area (Å²) in [6.07, 6.45) is 1.18. The van der Waals surface area contributed by atoms with E-state index < -0.39 is 0 Å². The van der Waals surface area contributed by atoms with Gasteiger partial charge >= 0.3 is 0 Å². The zero-order valence-corrected chi connectivity index (χ0v) is 10.0. The van der Waals surface area contributed by atoms with Gasteiger partial charge in [-0.15, -0.1) is 0 Å². The quantitative estimate of drug-likeness (QED) is 0.678. The zero-order chi connectivity index (χ0) is 11.3. The maximum absolute atomic E-state index is 11.4. The Kier molecular flexibility index (Phi) is 5.05.